The Morgan fingerprint density at radius 2 is 1.95 bits per heavy atom. The summed E-state index contributed by atoms with van der Waals surface area (Å²) in [5, 5.41) is 3.18. The maximum absolute atomic E-state index is 11.6. The monoisotopic (exact) mass is 279 g/mol. The summed E-state index contributed by atoms with van der Waals surface area (Å²) in [6.07, 6.45) is 0.325. The summed E-state index contributed by atoms with van der Waals surface area (Å²) >= 11 is 0. The molecule has 1 aromatic carbocycles. The van der Waals surface area contributed by atoms with E-state index < -0.39 is 5.60 Å². The molecule has 0 saturated heterocycles. The van der Waals surface area contributed by atoms with Gasteiger partial charge in [-0.25, -0.2) is 0 Å². The van der Waals surface area contributed by atoms with E-state index in [1.165, 1.54) is 0 Å². The summed E-state index contributed by atoms with van der Waals surface area (Å²) in [5.74, 6) is 1.29. The predicted octanol–water partition coefficient (Wildman–Crippen LogP) is 2.60. The summed E-state index contributed by atoms with van der Waals surface area (Å²) < 4.78 is 16.2. The van der Waals surface area contributed by atoms with Crippen LogP contribution in [0.4, 0.5) is 5.69 Å². The molecule has 110 valence electrons. The maximum Gasteiger partial charge on any atom is 0.308 e. The van der Waals surface area contributed by atoms with Gasteiger partial charge in [0.15, 0.2) is 11.5 Å². The highest BCUT2D eigenvalue weighted by atomic mass is 16.6. The van der Waals surface area contributed by atoms with E-state index in [0.29, 0.717) is 26.2 Å². The van der Waals surface area contributed by atoms with Crippen LogP contribution in [0.25, 0.3) is 0 Å². The highest BCUT2D eigenvalue weighted by Crippen LogP contribution is 2.32. The van der Waals surface area contributed by atoms with Crippen molar-refractivity contribution >= 4 is 11.7 Å². The molecule has 5 nitrogen and oxygen atoms in total. The molecule has 0 fully saturated rings. The number of rotatable bonds is 4. The van der Waals surface area contributed by atoms with Gasteiger partial charge in [0.2, 0.25) is 0 Å². The van der Waals surface area contributed by atoms with Gasteiger partial charge in [-0.1, -0.05) is 0 Å². The zero-order chi connectivity index (χ0) is 14.6. The van der Waals surface area contributed by atoms with Crippen molar-refractivity contribution in [1.82, 2.24) is 0 Å². The van der Waals surface area contributed by atoms with E-state index in [9.17, 15) is 4.79 Å². The van der Waals surface area contributed by atoms with Crippen LogP contribution in [0.2, 0.25) is 0 Å². The van der Waals surface area contributed by atoms with Gasteiger partial charge < -0.3 is 19.5 Å². The van der Waals surface area contributed by atoms with Crippen molar-refractivity contribution in [3.05, 3.63) is 18.2 Å². The Bertz CT molecular complexity index is 479. The minimum atomic E-state index is -0.436. The highest BCUT2D eigenvalue weighted by Gasteiger charge is 2.16. The van der Waals surface area contributed by atoms with Crippen molar-refractivity contribution in [2.75, 3.05) is 25.1 Å². The van der Waals surface area contributed by atoms with Gasteiger partial charge in [0, 0.05) is 18.3 Å². The molecule has 1 aliphatic heterocycles. The van der Waals surface area contributed by atoms with Gasteiger partial charge in [-0.3, -0.25) is 4.79 Å². The average molecular weight is 279 g/mol. The van der Waals surface area contributed by atoms with Crippen molar-refractivity contribution in [1.29, 1.82) is 0 Å². The molecule has 1 aliphatic rings. The van der Waals surface area contributed by atoms with E-state index in [1.54, 1.807) is 0 Å². The van der Waals surface area contributed by atoms with E-state index in [1.807, 2.05) is 39.0 Å². The standard InChI is InChI=1S/C15H21NO4/c1-15(2,3)20-14(17)6-7-16-11-4-5-12-13(10-11)19-9-8-18-12/h4-5,10,16H,6-9H2,1-3H3. The minimum Gasteiger partial charge on any atom is -0.486 e. The van der Waals surface area contributed by atoms with Crippen molar-refractivity contribution in [2.45, 2.75) is 32.8 Å². The topological polar surface area (TPSA) is 56.8 Å². The van der Waals surface area contributed by atoms with Crippen LogP contribution in [0.15, 0.2) is 18.2 Å². The molecular weight excluding hydrogens is 258 g/mol. The van der Waals surface area contributed by atoms with Crippen molar-refractivity contribution in [2.24, 2.45) is 0 Å². The summed E-state index contributed by atoms with van der Waals surface area (Å²) in [7, 11) is 0. The quantitative estimate of drug-likeness (QED) is 0.859. The molecule has 1 N–H and O–H groups in total. The first-order valence-corrected chi connectivity index (χ1v) is 6.79. The van der Waals surface area contributed by atoms with Crippen LogP contribution in [-0.4, -0.2) is 31.3 Å². The van der Waals surface area contributed by atoms with Gasteiger partial charge in [-0.15, -0.1) is 0 Å². The molecular formula is C15H21NO4. The molecule has 2 rings (SSSR count). The highest BCUT2D eigenvalue weighted by molar-refractivity contribution is 5.70. The first kappa shape index (κ1) is 14.5. The lowest BCUT2D eigenvalue weighted by atomic mass is 10.2. The van der Waals surface area contributed by atoms with Gasteiger partial charge in [0.05, 0.1) is 6.42 Å². The molecule has 5 heteroatoms. The van der Waals surface area contributed by atoms with Gasteiger partial charge in [0.1, 0.15) is 18.8 Å². The van der Waals surface area contributed by atoms with Crippen molar-refractivity contribution in [3.8, 4) is 11.5 Å². The molecule has 0 unspecified atom stereocenters. The zero-order valence-electron chi connectivity index (χ0n) is 12.2. The number of fused-ring (bicyclic) bond motifs is 1. The Hall–Kier alpha value is -1.91. The first-order valence-electron chi connectivity index (χ1n) is 6.79. The summed E-state index contributed by atoms with van der Waals surface area (Å²) in [6, 6.07) is 5.65. The number of ether oxygens (including phenoxy) is 3. The van der Waals surface area contributed by atoms with Crippen LogP contribution in [0, 0.1) is 0 Å². The first-order chi connectivity index (χ1) is 9.44. The Balaban J connectivity index is 1.81. The number of nitrogens with one attached hydrogen (secondary N) is 1. The summed E-state index contributed by atoms with van der Waals surface area (Å²) in [4.78, 5) is 11.6. The van der Waals surface area contributed by atoms with Gasteiger partial charge in [-0.2, -0.15) is 0 Å². The Labute approximate surface area is 119 Å². The van der Waals surface area contributed by atoms with Crippen LogP contribution in [0.3, 0.4) is 0 Å². The number of hydrogen-bond acceptors (Lipinski definition) is 5. The van der Waals surface area contributed by atoms with Gasteiger partial charge >= 0.3 is 5.97 Å². The Kier molecular flexibility index (Phi) is 4.37. The number of benzene rings is 1. The van der Waals surface area contributed by atoms with Crippen LogP contribution < -0.4 is 14.8 Å². The maximum atomic E-state index is 11.6. The van der Waals surface area contributed by atoms with Crippen LogP contribution in [0.5, 0.6) is 11.5 Å². The van der Waals surface area contributed by atoms with Crippen LogP contribution >= 0.6 is 0 Å². The predicted molar refractivity (Wildman–Crippen MR) is 76.4 cm³/mol. The van der Waals surface area contributed by atoms with Crippen LogP contribution in [0.1, 0.15) is 27.2 Å². The molecule has 0 radical (unpaired) electrons. The fraction of sp³-hybridized carbons (Fsp3) is 0.533. The number of carbonyl (C=O) groups is 1. The summed E-state index contributed by atoms with van der Waals surface area (Å²) in [5.41, 5.74) is 0.464. The third-order valence-electron chi connectivity index (χ3n) is 2.62. The SMILES string of the molecule is CC(C)(C)OC(=O)CCNc1ccc2c(c1)OCCO2. The molecule has 20 heavy (non-hydrogen) atoms. The molecule has 0 spiro atoms. The van der Waals surface area contributed by atoms with Crippen molar-refractivity contribution in [3.63, 3.8) is 0 Å². The normalized spacial score (nSPS) is 13.8. The van der Waals surface area contributed by atoms with E-state index in [0.717, 1.165) is 17.2 Å². The third kappa shape index (κ3) is 4.33. The lowest BCUT2D eigenvalue weighted by molar-refractivity contribution is -0.154. The molecule has 0 saturated carbocycles. The minimum absolute atomic E-state index is 0.206. The molecule has 0 aromatic heterocycles. The zero-order valence-corrected chi connectivity index (χ0v) is 12.2. The van der Waals surface area contributed by atoms with Gasteiger partial charge in [-0.05, 0) is 32.9 Å². The number of carbonyl (C=O) groups excluding carboxylic acids is 1. The Morgan fingerprint density at radius 3 is 2.65 bits per heavy atom. The summed E-state index contributed by atoms with van der Waals surface area (Å²) in [6.45, 7) is 7.25. The number of hydrogen-bond donors (Lipinski definition) is 1. The smallest absolute Gasteiger partial charge is 0.308 e. The largest absolute Gasteiger partial charge is 0.486 e. The number of esters is 1. The molecule has 0 aliphatic carbocycles. The van der Waals surface area contributed by atoms with E-state index in [4.69, 9.17) is 14.2 Å². The lowest BCUT2D eigenvalue weighted by Crippen LogP contribution is -2.25. The second kappa shape index (κ2) is 6.03. The molecule has 0 amide bonds. The molecule has 1 aromatic rings. The van der Waals surface area contributed by atoms with Crippen LogP contribution in [-0.2, 0) is 9.53 Å². The fourth-order valence-electron chi connectivity index (χ4n) is 1.85. The van der Waals surface area contributed by atoms with E-state index in [2.05, 4.69) is 5.32 Å². The number of anilines is 1. The average Bonchev–Trinajstić information content (AvgIpc) is 2.36. The molecule has 0 bridgehead atoms. The second-order valence-corrected chi connectivity index (χ2v) is 5.62. The van der Waals surface area contributed by atoms with Crippen molar-refractivity contribution < 1.29 is 19.0 Å². The van der Waals surface area contributed by atoms with E-state index >= 15 is 0 Å². The lowest BCUT2D eigenvalue weighted by Gasteiger charge is -2.20. The fourth-order valence-corrected chi connectivity index (χ4v) is 1.85. The second-order valence-electron chi connectivity index (χ2n) is 5.62. The molecule has 1 heterocycles. The molecule has 0 atom stereocenters. The van der Waals surface area contributed by atoms with E-state index in [-0.39, 0.29) is 5.97 Å². The Morgan fingerprint density at radius 1 is 1.25 bits per heavy atom. The van der Waals surface area contributed by atoms with Gasteiger partial charge in [0.25, 0.3) is 0 Å². The third-order valence-corrected chi connectivity index (χ3v) is 2.62.